The summed E-state index contributed by atoms with van der Waals surface area (Å²) in [4.78, 5) is 26.1. The number of aryl methyl sites for hydroxylation is 1. The normalized spacial score (nSPS) is 14.5. The standard InChI is InChI=1S/C25H19ClO3S/c1-16-2-11-24-22(12-16)25(28)19(15-30-24)13-17-3-9-21(10-4-17)29-14-23(27)18-5-7-20(26)8-6-18/h2-13H,14-15H2,1H3/b19-13+. The second kappa shape index (κ2) is 8.90. The molecule has 3 aromatic carbocycles. The van der Waals surface area contributed by atoms with Gasteiger partial charge in [-0.05, 0) is 67.1 Å². The molecule has 0 aliphatic carbocycles. The van der Waals surface area contributed by atoms with Crippen LogP contribution in [-0.4, -0.2) is 23.9 Å². The quantitative estimate of drug-likeness (QED) is 0.350. The van der Waals surface area contributed by atoms with Gasteiger partial charge in [0.1, 0.15) is 5.75 Å². The highest BCUT2D eigenvalue weighted by Gasteiger charge is 2.22. The fraction of sp³-hybridized carbons (Fsp3) is 0.120. The van der Waals surface area contributed by atoms with E-state index in [2.05, 4.69) is 0 Å². The fourth-order valence-corrected chi connectivity index (χ4v) is 4.30. The molecule has 1 aliphatic rings. The van der Waals surface area contributed by atoms with Crippen LogP contribution in [0, 0.1) is 6.92 Å². The van der Waals surface area contributed by atoms with Crippen molar-refractivity contribution >= 4 is 41.0 Å². The predicted octanol–water partition coefficient (Wildman–Crippen LogP) is 6.28. The van der Waals surface area contributed by atoms with Crippen molar-refractivity contribution in [3.8, 4) is 5.75 Å². The molecule has 0 saturated heterocycles. The summed E-state index contributed by atoms with van der Waals surface area (Å²) in [7, 11) is 0. The molecule has 3 aromatic rings. The minimum absolute atomic E-state index is 0.0483. The highest BCUT2D eigenvalue weighted by Crippen LogP contribution is 2.34. The Balaban J connectivity index is 1.42. The molecule has 0 saturated carbocycles. The molecule has 1 aliphatic heterocycles. The van der Waals surface area contributed by atoms with Crippen LogP contribution >= 0.6 is 23.4 Å². The van der Waals surface area contributed by atoms with E-state index in [1.807, 2.05) is 43.3 Å². The maximum Gasteiger partial charge on any atom is 0.200 e. The van der Waals surface area contributed by atoms with Crippen molar-refractivity contribution in [2.24, 2.45) is 0 Å². The number of rotatable bonds is 5. The number of halogens is 1. The number of hydrogen-bond donors (Lipinski definition) is 0. The SMILES string of the molecule is Cc1ccc2c(c1)C(=O)/C(=C/c1ccc(OCC(=O)c3ccc(Cl)cc3)cc1)CS2. The van der Waals surface area contributed by atoms with Gasteiger partial charge in [0.05, 0.1) is 0 Å². The largest absolute Gasteiger partial charge is 0.485 e. The number of fused-ring (bicyclic) bond motifs is 1. The van der Waals surface area contributed by atoms with Crippen LogP contribution in [0.15, 0.2) is 77.2 Å². The number of carbonyl (C=O) groups excluding carboxylic acids is 2. The van der Waals surface area contributed by atoms with Crippen LogP contribution in [0.1, 0.15) is 31.8 Å². The van der Waals surface area contributed by atoms with E-state index in [9.17, 15) is 9.59 Å². The summed E-state index contributed by atoms with van der Waals surface area (Å²) in [6.07, 6.45) is 1.92. The Morgan fingerprint density at radius 3 is 2.53 bits per heavy atom. The third-order valence-corrected chi connectivity index (χ3v) is 6.19. The van der Waals surface area contributed by atoms with Gasteiger partial charge in [-0.1, -0.05) is 35.4 Å². The Labute approximate surface area is 184 Å². The molecule has 0 spiro atoms. The maximum atomic E-state index is 12.8. The summed E-state index contributed by atoms with van der Waals surface area (Å²) < 4.78 is 5.60. The van der Waals surface area contributed by atoms with E-state index in [0.717, 1.165) is 27.2 Å². The molecule has 0 amide bonds. The van der Waals surface area contributed by atoms with E-state index in [1.54, 1.807) is 48.2 Å². The number of ether oxygens (including phenoxy) is 1. The zero-order chi connectivity index (χ0) is 21.1. The number of carbonyl (C=O) groups is 2. The minimum Gasteiger partial charge on any atom is -0.485 e. The molecule has 5 heteroatoms. The molecule has 0 unspecified atom stereocenters. The van der Waals surface area contributed by atoms with E-state index >= 15 is 0 Å². The third kappa shape index (κ3) is 4.66. The van der Waals surface area contributed by atoms with Crippen LogP contribution < -0.4 is 4.74 Å². The molecule has 3 nitrogen and oxygen atoms in total. The first-order valence-corrected chi connectivity index (χ1v) is 10.9. The van der Waals surface area contributed by atoms with E-state index < -0.39 is 0 Å². The number of benzene rings is 3. The van der Waals surface area contributed by atoms with Crippen LogP contribution in [0.2, 0.25) is 5.02 Å². The predicted molar refractivity (Wildman–Crippen MR) is 122 cm³/mol. The Bertz CT molecular complexity index is 1130. The highest BCUT2D eigenvalue weighted by molar-refractivity contribution is 7.99. The second-order valence-corrected chi connectivity index (χ2v) is 8.53. The number of Topliss-reactive ketones (excluding diaryl/α,β-unsaturated/α-hetero) is 2. The first kappa shape index (κ1) is 20.5. The Hall–Kier alpha value is -2.82. The molecule has 150 valence electrons. The van der Waals surface area contributed by atoms with Gasteiger partial charge in [0.2, 0.25) is 0 Å². The summed E-state index contributed by atoms with van der Waals surface area (Å²) in [6.45, 7) is 1.94. The van der Waals surface area contributed by atoms with Gasteiger partial charge in [0, 0.05) is 32.4 Å². The zero-order valence-corrected chi connectivity index (χ0v) is 17.9. The number of ketones is 2. The maximum absolute atomic E-state index is 12.8. The van der Waals surface area contributed by atoms with Crippen LogP contribution in [0.5, 0.6) is 5.75 Å². The fourth-order valence-electron chi connectivity index (χ4n) is 3.18. The van der Waals surface area contributed by atoms with E-state index in [1.165, 1.54) is 0 Å². The van der Waals surface area contributed by atoms with Crippen molar-refractivity contribution in [3.63, 3.8) is 0 Å². The molecule has 4 rings (SSSR count). The number of hydrogen-bond acceptors (Lipinski definition) is 4. The minimum atomic E-state index is -0.114. The summed E-state index contributed by atoms with van der Waals surface area (Å²) in [5.74, 6) is 1.23. The van der Waals surface area contributed by atoms with Crippen LogP contribution in [0.4, 0.5) is 0 Å². The lowest BCUT2D eigenvalue weighted by atomic mass is 10.00. The average Bonchev–Trinajstić information content (AvgIpc) is 2.76. The monoisotopic (exact) mass is 434 g/mol. The van der Waals surface area contributed by atoms with Crippen LogP contribution in [0.3, 0.4) is 0 Å². The van der Waals surface area contributed by atoms with Crippen molar-refractivity contribution in [1.82, 2.24) is 0 Å². The molecular formula is C25H19ClO3S. The van der Waals surface area contributed by atoms with Crippen molar-refractivity contribution in [2.75, 3.05) is 12.4 Å². The van der Waals surface area contributed by atoms with Gasteiger partial charge in [-0.25, -0.2) is 0 Å². The topological polar surface area (TPSA) is 43.4 Å². The molecule has 0 radical (unpaired) electrons. The molecule has 1 heterocycles. The third-order valence-electron chi connectivity index (χ3n) is 4.81. The van der Waals surface area contributed by atoms with Gasteiger partial charge >= 0.3 is 0 Å². The molecule has 0 bridgehead atoms. The summed E-state index contributed by atoms with van der Waals surface area (Å²) in [5.41, 5.74) is 4.12. The summed E-state index contributed by atoms with van der Waals surface area (Å²) in [5, 5.41) is 0.589. The zero-order valence-electron chi connectivity index (χ0n) is 16.4. The molecular weight excluding hydrogens is 416 g/mol. The van der Waals surface area contributed by atoms with Gasteiger partial charge in [-0.2, -0.15) is 0 Å². The van der Waals surface area contributed by atoms with Gasteiger partial charge in [0.15, 0.2) is 18.2 Å². The molecule has 0 fully saturated rings. The Morgan fingerprint density at radius 2 is 1.80 bits per heavy atom. The molecule has 30 heavy (non-hydrogen) atoms. The Kier molecular flexibility index (Phi) is 6.07. The van der Waals surface area contributed by atoms with E-state index in [-0.39, 0.29) is 18.2 Å². The van der Waals surface area contributed by atoms with Gasteiger partial charge in [0.25, 0.3) is 0 Å². The van der Waals surface area contributed by atoms with Crippen LogP contribution in [0.25, 0.3) is 6.08 Å². The van der Waals surface area contributed by atoms with Gasteiger partial charge in [-0.15, -0.1) is 11.8 Å². The highest BCUT2D eigenvalue weighted by atomic mass is 35.5. The first-order valence-electron chi connectivity index (χ1n) is 9.50. The van der Waals surface area contributed by atoms with Gasteiger partial charge < -0.3 is 4.74 Å². The van der Waals surface area contributed by atoms with Gasteiger partial charge in [-0.3, -0.25) is 9.59 Å². The van der Waals surface area contributed by atoms with E-state index in [4.69, 9.17) is 16.3 Å². The molecule has 0 N–H and O–H groups in total. The van der Waals surface area contributed by atoms with Crippen molar-refractivity contribution < 1.29 is 14.3 Å². The lowest BCUT2D eigenvalue weighted by Gasteiger charge is -2.17. The van der Waals surface area contributed by atoms with Crippen LogP contribution in [-0.2, 0) is 0 Å². The average molecular weight is 435 g/mol. The Morgan fingerprint density at radius 1 is 1.07 bits per heavy atom. The summed E-state index contributed by atoms with van der Waals surface area (Å²) >= 11 is 7.53. The second-order valence-electron chi connectivity index (χ2n) is 7.07. The molecule has 0 aromatic heterocycles. The van der Waals surface area contributed by atoms with Crippen molar-refractivity contribution in [1.29, 1.82) is 0 Å². The van der Waals surface area contributed by atoms with Crippen molar-refractivity contribution in [2.45, 2.75) is 11.8 Å². The molecule has 0 atom stereocenters. The smallest absolute Gasteiger partial charge is 0.200 e. The number of thioether (sulfide) groups is 1. The summed E-state index contributed by atoms with van der Waals surface area (Å²) in [6, 6.07) is 20.1. The lowest BCUT2D eigenvalue weighted by molar-refractivity contribution is 0.0921. The first-order chi connectivity index (χ1) is 14.5. The van der Waals surface area contributed by atoms with E-state index in [0.29, 0.717) is 22.1 Å². The van der Waals surface area contributed by atoms with Crippen molar-refractivity contribution in [3.05, 3.63) is 99.6 Å². The lowest BCUT2D eigenvalue weighted by Crippen LogP contribution is -2.12.